The Hall–Kier alpha value is -2.57. The lowest BCUT2D eigenvalue weighted by atomic mass is 9.71. The van der Waals surface area contributed by atoms with E-state index in [9.17, 15) is 9.90 Å². The Balaban J connectivity index is 2.03. The smallest absolute Gasteiger partial charge is 0.322 e. The van der Waals surface area contributed by atoms with Crippen molar-refractivity contribution >= 4 is 46.0 Å². The highest BCUT2D eigenvalue weighted by Crippen LogP contribution is 2.54. The average molecular weight is 560 g/mol. The normalized spacial score (nSPS) is 21.6. The Bertz CT molecular complexity index is 1350. The number of carbonyl (C=O) groups excluding carboxylic acids is 1. The topological polar surface area (TPSA) is 62.1 Å². The van der Waals surface area contributed by atoms with Gasteiger partial charge in [-0.05, 0) is 99.3 Å². The predicted octanol–water partition coefficient (Wildman–Crippen LogP) is 7.87. The minimum Gasteiger partial charge on any atom is -0.493 e. The maximum Gasteiger partial charge on any atom is 0.322 e. The summed E-state index contributed by atoms with van der Waals surface area (Å²) in [5, 5.41) is 11.1. The third-order valence-electron chi connectivity index (χ3n) is 7.15. The number of halogens is 3. The molecule has 4 rings (SSSR count). The number of hydrogen-bond acceptors (Lipinski definition) is 4. The van der Waals surface area contributed by atoms with E-state index in [0.29, 0.717) is 39.4 Å². The summed E-state index contributed by atoms with van der Waals surface area (Å²) in [4.78, 5) is 19.9. The average Bonchev–Trinajstić information content (AvgIpc) is 3.08. The van der Waals surface area contributed by atoms with Crippen LogP contribution in [0.25, 0.3) is 0 Å². The summed E-state index contributed by atoms with van der Waals surface area (Å²) >= 11 is 18.8. The van der Waals surface area contributed by atoms with Crippen LogP contribution in [-0.2, 0) is 16.7 Å². The molecule has 2 atom stereocenters. The van der Waals surface area contributed by atoms with E-state index in [1.54, 1.807) is 56.3 Å². The van der Waals surface area contributed by atoms with Crippen LogP contribution < -0.4 is 4.74 Å². The number of aliphatic hydroxyl groups is 1. The van der Waals surface area contributed by atoms with E-state index in [2.05, 4.69) is 0 Å². The summed E-state index contributed by atoms with van der Waals surface area (Å²) in [7, 11) is 0. The van der Waals surface area contributed by atoms with E-state index in [4.69, 9.17) is 44.5 Å². The summed E-state index contributed by atoms with van der Waals surface area (Å²) in [6.45, 7) is 9.57. The molecular weight excluding hydrogens is 531 g/mol. The zero-order chi connectivity index (χ0) is 27.2. The number of amidine groups is 1. The SMILES string of the molecule is CCOc1cc(C(C)(C)O)ccc1C1=NC(C)(c2ccc(Cl)cc2)[C@@](C)(c2ccc(Cl)cc2)N1C(=O)Cl. The Kier molecular flexibility index (Phi) is 7.39. The largest absolute Gasteiger partial charge is 0.493 e. The molecule has 1 N–H and O–H groups in total. The van der Waals surface area contributed by atoms with Gasteiger partial charge in [0.05, 0.1) is 17.8 Å². The molecule has 5 nitrogen and oxygen atoms in total. The predicted molar refractivity (Wildman–Crippen MR) is 150 cm³/mol. The fourth-order valence-corrected chi connectivity index (χ4v) is 5.41. The second-order valence-corrected chi connectivity index (χ2v) is 11.1. The molecule has 37 heavy (non-hydrogen) atoms. The number of benzene rings is 3. The van der Waals surface area contributed by atoms with Gasteiger partial charge >= 0.3 is 5.37 Å². The van der Waals surface area contributed by atoms with Gasteiger partial charge in [0.15, 0.2) is 0 Å². The van der Waals surface area contributed by atoms with Crippen molar-refractivity contribution in [3.8, 4) is 5.75 Å². The number of carbonyl (C=O) groups is 1. The van der Waals surface area contributed by atoms with Crippen molar-refractivity contribution in [1.82, 2.24) is 4.90 Å². The van der Waals surface area contributed by atoms with E-state index in [1.807, 2.05) is 45.0 Å². The number of nitrogens with zero attached hydrogens (tertiary/aromatic N) is 2. The fraction of sp³-hybridized carbons (Fsp3) is 0.310. The van der Waals surface area contributed by atoms with Crippen LogP contribution in [0.4, 0.5) is 4.79 Å². The molecule has 1 aliphatic heterocycles. The van der Waals surface area contributed by atoms with Crippen molar-refractivity contribution < 1.29 is 14.6 Å². The minimum atomic E-state index is -1.08. The number of ether oxygens (including phenoxy) is 1. The first kappa shape index (κ1) is 27.5. The highest BCUT2D eigenvalue weighted by Gasteiger charge is 2.59. The zero-order valence-corrected chi connectivity index (χ0v) is 23.6. The molecule has 0 bridgehead atoms. The standard InChI is InChI=1S/C29H29Cl3N2O3/c1-6-37-24-17-20(27(2,3)36)11-16-23(24)25-33-28(4,18-7-12-21(30)13-8-18)29(5,34(25)26(32)35)19-9-14-22(31)15-10-19/h7-17,36H,6H2,1-5H3/t28?,29-/m1/s1. The van der Waals surface area contributed by atoms with Gasteiger partial charge in [-0.3, -0.25) is 14.7 Å². The Labute approximate surface area is 232 Å². The first-order chi connectivity index (χ1) is 17.3. The summed E-state index contributed by atoms with van der Waals surface area (Å²) in [6.07, 6.45) is 0. The Morgan fingerprint density at radius 1 is 0.973 bits per heavy atom. The van der Waals surface area contributed by atoms with Gasteiger partial charge in [-0.15, -0.1) is 0 Å². The van der Waals surface area contributed by atoms with Crippen molar-refractivity contribution in [3.05, 3.63) is 99.0 Å². The molecule has 0 aromatic heterocycles. The number of hydrogen-bond donors (Lipinski definition) is 1. The van der Waals surface area contributed by atoms with Crippen molar-refractivity contribution in [1.29, 1.82) is 0 Å². The lowest BCUT2D eigenvalue weighted by molar-refractivity contribution is 0.0782. The van der Waals surface area contributed by atoms with Gasteiger partial charge in [0, 0.05) is 10.0 Å². The van der Waals surface area contributed by atoms with E-state index < -0.39 is 22.0 Å². The fourth-order valence-electron chi connectivity index (χ4n) is 4.91. The van der Waals surface area contributed by atoms with E-state index in [1.165, 1.54) is 4.90 Å². The van der Waals surface area contributed by atoms with Crippen LogP contribution in [0.2, 0.25) is 10.0 Å². The van der Waals surface area contributed by atoms with E-state index in [0.717, 1.165) is 11.1 Å². The van der Waals surface area contributed by atoms with Crippen molar-refractivity contribution in [2.75, 3.05) is 6.61 Å². The Morgan fingerprint density at radius 3 is 2.00 bits per heavy atom. The molecule has 0 spiro atoms. The van der Waals surface area contributed by atoms with Gasteiger partial charge < -0.3 is 9.84 Å². The summed E-state index contributed by atoms with van der Waals surface area (Å²) in [6, 6.07) is 20.1. The van der Waals surface area contributed by atoms with E-state index >= 15 is 0 Å². The van der Waals surface area contributed by atoms with Crippen molar-refractivity contribution in [2.24, 2.45) is 4.99 Å². The molecule has 0 saturated heterocycles. The van der Waals surface area contributed by atoms with Gasteiger partial charge in [-0.1, -0.05) is 53.5 Å². The summed E-state index contributed by atoms with van der Waals surface area (Å²) < 4.78 is 5.98. The number of aliphatic imine (C=N–C) groups is 1. The number of amides is 1. The zero-order valence-electron chi connectivity index (χ0n) is 21.3. The van der Waals surface area contributed by atoms with Crippen LogP contribution in [0, 0.1) is 0 Å². The Morgan fingerprint density at radius 2 is 1.51 bits per heavy atom. The number of rotatable bonds is 6. The monoisotopic (exact) mass is 558 g/mol. The molecule has 1 unspecified atom stereocenters. The van der Waals surface area contributed by atoms with E-state index in [-0.39, 0.29) is 0 Å². The van der Waals surface area contributed by atoms with Gasteiger partial charge in [0.25, 0.3) is 0 Å². The molecule has 0 saturated carbocycles. The quantitative estimate of drug-likeness (QED) is 0.247. The molecule has 8 heteroatoms. The van der Waals surface area contributed by atoms with Crippen LogP contribution >= 0.6 is 34.8 Å². The summed E-state index contributed by atoms with van der Waals surface area (Å²) in [5.41, 5.74) is -0.197. The third kappa shape index (κ3) is 4.74. The molecule has 0 radical (unpaired) electrons. The van der Waals surface area contributed by atoms with Crippen LogP contribution in [0.5, 0.6) is 5.75 Å². The van der Waals surface area contributed by atoms with Crippen LogP contribution in [0.1, 0.15) is 56.9 Å². The van der Waals surface area contributed by atoms with Crippen LogP contribution in [-0.4, -0.2) is 27.8 Å². The first-order valence-electron chi connectivity index (χ1n) is 11.9. The van der Waals surface area contributed by atoms with Crippen LogP contribution in [0.15, 0.2) is 71.7 Å². The maximum absolute atomic E-state index is 13.2. The van der Waals surface area contributed by atoms with Gasteiger partial charge in [0.2, 0.25) is 0 Å². The molecule has 1 amide bonds. The van der Waals surface area contributed by atoms with Crippen molar-refractivity contribution in [3.63, 3.8) is 0 Å². The summed E-state index contributed by atoms with van der Waals surface area (Å²) in [5.74, 6) is 0.850. The van der Waals surface area contributed by atoms with Gasteiger partial charge in [-0.25, -0.2) is 0 Å². The molecule has 3 aromatic carbocycles. The molecular formula is C29H29Cl3N2O3. The van der Waals surface area contributed by atoms with Gasteiger partial charge in [-0.2, -0.15) is 0 Å². The van der Waals surface area contributed by atoms with Crippen LogP contribution in [0.3, 0.4) is 0 Å². The molecule has 1 aliphatic rings. The second kappa shape index (κ2) is 9.95. The molecule has 1 heterocycles. The maximum atomic E-state index is 13.2. The first-order valence-corrected chi connectivity index (χ1v) is 13.1. The molecule has 3 aromatic rings. The molecule has 0 fully saturated rings. The van der Waals surface area contributed by atoms with Crippen molar-refractivity contribution in [2.45, 2.75) is 51.3 Å². The minimum absolute atomic E-state index is 0.362. The highest BCUT2D eigenvalue weighted by atomic mass is 35.5. The second-order valence-electron chi connectivity index (χ2n) is 9.88. The highest BCUT2D eigenvalue weighted by molar-refractivity contribution is 6.64. The third-order valence-corrected chi connectivity index (χ3v) is 7.83. The molecule has 194 valence electrons. The molecule has 0 aliphatic carbocycles. The lowest BCUT2D eigenvalue weighted by Gasteiger charge is -2.44. The lowest BCUT2D eigenvalue weighted by Crippen LogP contribution is -2.53. The van der Waals surface area contributed by atoms with Gasteiger partial charge in [0.1, 0.15) is 22.7 Å².